The highest BCUT2D eigenvalue weighted by Gasteiger charge is 2.35. The third-order valence-electron chi connectivity index (χ3n) is 7.12. The van der Waals surface area contributed by atoms with Crippen molar-refractivity contribution in [2.75, 3.05) is 38.0 Å². The molecule has 0 spiro atoms. The minimum Gasteiger partial charge on any atom is -0.481 e. The third-order valence-corrected chi connectivity index (χ3v) is 7.12. The molecule has 0 radical (unpaired) electrons. The number of hydrazine groups is 1. The van der Waals surface area contributed by atoms with Crippen LogP contribution >= 0.6 is 0 Å². The molecule has 2 aliphatic rings. The van der Waals surface area contributed by atoms with Gasteiger partial charge in [-0.25, -0.2) is 5.84 Å². The first-order chi connectivity index (χ1) is 17.7. The molecular formula is C26H37N5O6. The number of carboxylic acids is 1. The Morgan fingerprint density at radius 1 is 1.14 bits per heavy atom. The van der Waals surface area contributed by atoms with Gasteiger partial charge in [0.2, 0.25) is 17.7 Å². The summed E-state index contributed by atoms with van der Waals surface area (Å²) in [5.41, 5.74) is 0.601. The lowest BCUT2D eigenvalue weighted by Gasteiger charge is -2.34. The lowest BCUT2D eigenvalue weighted by atomic mass is 9.92. The average Bonchev–Trinajstić information content (AvgIpc) is 2.90. The molecule has 202 valence electrons. The van der Waals surface area contributed by atoms with Crippen molar-refractivity contribution >= 4 is 35.2 Å². The van der Waals surface area contributed by atoms with Gasteiger partial charge >= 0.3 is 5.97 Å². The molecule has 0 aromatic heterocycles. The molecule has 0 aliphatic carbocycles. The number of hydrogen-bond acceptors (Lipinski definition) is 7. The number of nitrogens with two attached hydrogens (primary N) is 1. The second kappa shape index (κ2) is 13.3. The summed E-state index contributed by atoms with van der Waals surface area (Å²) in [5.74, 6) is 1.62. The van der Waals surface area contributed by atoms with Crippen molar-refractivity contribution in [2.24, 2.45) is 23.6 Å². The fraction of sp³-hybridized carbons (Fsp3) is 0.577. The summed E-state index contributed by atoms with van der Waals surface area (Å²) >= 11 is 0. The largest absolute Gasteiger partial charge is 0.481 e. The van der Waals surface area contributed by atoms with E-state index in [1.54, 1.807) is 4.90 Å². The predicted octanol–water partition coefficient (Wildman–Crippen LogP) is 1.25. The maximum atomic E-state index is 13.0. The molecule has 11 nitrogen and oxygen atoms in total. The van der Waals surface area contributed by atoms with Crippen LogP contribution < -0.4 is 16.5 Å². The molecule has 3 rings (SSSR count). The second-order valence-electron chi connectivity index (χ2n) is 9.92. The van der Waals surface area contributed by atoms with Gasteiger partial charge in [0.05, 0.1) is 12.5 Å². The zero-order valence-corrected chi connectivity index (χ0v) is 21.3. The predicted molar refractivity (Wildman–Crippen MR) is 136 cm³/mol. The number of ketones is 1. The Morgan fingerprint density at radius 3 is 2.43 bits per heavy atom. The summed E-state index contributed by atoms with van der Waals surface area (Å²) in [6.07, 6.45) is 4.63. The number of carbonyl (C=O) groups is 5. The summed E-state index contributed by atoms with van der Waals surface area (Å²) in [6, 6.07) is 5.83. The lowest BCUT2D eigenvalue weighted by molar-refractivity contribution is -0.144. The number of carbonyl (C=O) groups excluding carboxylic acids is 4. The molecule has 2 heterocycles. The number of carboxylic acid groups (broad SMARTS) is 1. The van der Waals surface area contributed by atoms with E-state index in [4.69, 9.17) is 5.84 Å². The van der Waals surface area contributed by atoms with E-state index in [0.29, 0.717) is 37.4 Å². The van der Waals surface area contributed by atoms with Gasteiger partial charge in [-0.3, -0.25) is 29.0 Å². The van der Waals surface area contributed by atoms with Gasteiger partial charge < -0.3 is 20.6 Å². The molecule has 2 atom stereocenters. The first kappa shape index (κ1) is 28.3. The van der Waals surface area contributed by atoms with Gasteiger partial charge in [-0.05, 0) is 75.4 Å². The van der Waals surface area contributed by atoms with E-state index in [1.165, 1.54) is 31.2 Å². The van der Waals surface area contributed by atoms with Crippen LogP contribution in [0.4, 0.5) is 5.69 Å². The van der Waals surface area contributed by atoms with E-state index in [1.807, 2.05) is 0 Å². The van der Waals surface area contributed by atoms with Crippen molar-refractivity contribution in [3.63, 3.8) is 0 Å². The highest BCUT2D eigenvalue weighted by atomic mass is 16.4. The fourth-order valence-electron chi connectivity index (χ4n) is 4.98. The van der Waals surface area contributed by atoms with E-state index in [9.17, 15) is 29.1 Å². The van der Waals surface area contributed by atoms with Gasteiger partial charge in [0.25, 0.3) is 0 Å². The van der Waals surface area contributed by atoms with Gasteiger partial charge in [-0.1, -0.05) is 0 Å². The monoisotopic (exact) mass is 515 g/mol. The fourth-order valence-corrected chi connectivity index (χ4v) is 4.98. The van der Waals surface area contributed by atoms with Gasteiger partial charge in [0.15, 0.2) is 5.78 Å². The standard InChI is InChI=1S/C26H37N5O6/c1-17(32)29-21-7-5-19(6-8-21)24(34)22(26(36)37)16-31(27)25(35)20-3-2-14-30(15-20)23(33)9-4-18-10-12-28-13-11-18/h5-8,18,20,22,28H,2-4,9-16,27H2,1H3,(H,29,32)(H,36,37)/t20-,22-/m1/s1. The van der Waals surface area contributed by atoms with Crippen LogP contribution in [0.5, 0.6) is 0 Å². The van der Waals surface area contributed by atoms with Crippen molar-refractivity contribution < 1.29 is 29.1 Å². The number of aliphatic carboxylic acids is 1. The molecule has 2 aliphatic heterocycles. The van der Waals surface area contributed by atoms with E-state index >= 15 is 0 Å². The molecule has 2 saturated heterocycles. The van der Waals surface area contributed by atoms with Crippen molar-refractivity contribution in [3.05, 3.63) is 29.8 Å². The van der Waals surface area contributed by atoms with Crippen LogP contribution in [0.15, 0.2) is 24.3 Å². The van der Waals surface area contributed by atoms with Crippen LogP contribution in [0.25, 0.3) is 0 Å². The maximum Gasteiger partial charge on any atom is 0.316 e. The molecule has 11 heteroatoms. The average molecular weight is 516 g/mol. The van der Waals surface area contributed by atoms with Crippen LogP contribution in [0.1, 0.15) is 55.8 Å². The first-order valence-electron chi connectivity index (χ1n) is 12.8. The van der Waals surface area contributed by atoms with E-state index in [-0.39, 0.29) is 23.9 Å². The Kier molecular flexibility index (Phi) is 10.2. The topological polar surface area (TPSA) is 162 Å². The second-order valence-corrected chi connectivity index (χ2v) is 9.92. The van der Waals surface area contributed by atoms with Gasteiger partial charge in [0.1, 0.15) is 5.92 Å². The molecule has 2 fully saturated rings. The maximum absolute atomic E-state index is 13.0. The van der Waals surface area contributed by atoms with Crippen LogP contribution in [0.2, 0.25) is 0 Å². The van der Waals surface area contributed by atoms with E-state index < -0.39 is 36.0 Å². The number of likely N-dealkylation sites (tertiary alicyclic amines) is 1. The molecule has 5 N–H and O–H groups in total. The van der Waals surface area contributed by atoms with E-state index in [2.05, 4.69) is 10.6 Å². The number of nitrogens with zero attached hydrogens (tertiary/aromatic N) is 2. The van der Waals surface area contributed by atoms with Gasteiger partial charge in [-0.2, -0.15) is 0 Å². The number of benzene rings is 1. The van der Waals surface area contributed by atoms with E-state index in [0.717, 1.165) is 37.4 Å². The van der Waals surface area contributed by atoms with Crippen LogP contribution in [0.3, 0.4) is 0 Å². The van der Waals surface area contributed by atoms with Crippen LogP contribution in [-0.4, -0.2) is 77.2 Å². The molecular weight excluding hydrogens is 478 g/mol. The molecule has 37 heavy (non-hydrogen) atoms. The molecule has 0 bridgehead atoms. The van der Waals surface area contributed by atoms with Crippen molar-refractivity contribution in [3.8, 4) is 0 Å². The Morgan fingerprint density at radius 2 is 1.81 bits per heavy atom. The van der Waals surface area contributed by atoms with Crippen molar-refractivity contribution in [1.29, 1.82) is 0 Å². The zero-order chi connectivity index (χ0) is 26.9. The smallest absolute Gasteiger partial charge is 0.316 e. The molecule has 0 unspecified atom stereocenters. The number of hydrogen-bond donors (Lipinski definition) is 4. The SMILES string of the molecule is CC(=O)Nc1ccc(C(=O)[C@@H](CN(N)C(=O)[C@@H]2CCCN(C(=O)CCC3CCNCC3)C2)C(=O)O)cc1. The number of rotatable bonds is 10. The third kappa shape index (κ3) is 8.09. The molecule has 3 amide bonds. The number of nitrogens with one attached hydrogen (secondary N) is 2. The number of anilines is 1. The first-order valence-corrected chi connectivity index (χ1v) is 12.8. The normalized spacial score (nSPS) is 19.1. The Labute approximate surface area is 216 Å². The number of amides is 3. The Bertz CT molecular complexity index is 992. The van der Waals surface area contributed by atoms with Crippen LogP contribution in [-0.2, 0) is 19.2 Å². The Balaban J connectivity index is 1.56. The molecule has 1 aromatic rings. The van der Waals surface area contributed by atoms with Crippen molar-refractivity contribution in [1.82, 2.24) is 15.2 Å². The van der Waals surface area contributed by atoms with Crippen LogP contribution in [0, 0.1) is 17.8 Å². The zero-order valence-electron chi connectivity index (χ0n) is 21.3. The highest BCUT2D eigenvalue weighted by molar-refractivity contribution is 6.08. The summed E-state index contributed by atoms with van der Waals surface area (Å²) in [7, 11) is 0. The minimum absolute atomic E-state index is 0.0286. The quantitative estimate of drug-likeness (QED) is 0.119. The summed E-state index contributed by atoms with van der Waals surface area (Å²) in [5, 5.41) is 16.4. The summed E-state index contributed by atoms with van der Waals surface area (Å²) < 4.78 is 0. The summed E-state index contributed by atoms with van der Waals surface area (Å²) in [6.45, 7) is 3.66. The van der Waals surface area contributed by atoms with Gasteiger partial charge in [0, 0.05) is 37.7 Å². The number of piperidine rings is 2. The van der Waals surface area contributed by atoms with Gasteiger partial charge in [-0.15, -0.1) is 0 Å². The Hall–Kier alpha value is -3.31. The summed E-state index contributed by atoms with van der Waals surface area (Å²) in [4.78, 5) is 63.5. The van der Waals surface area contributed by atoms with Crippen molar-refractivity contribution in [2.45, 2.75) is 45.4 Å². The lowest BCUT2D eigenvalue weighted by Crippen LogP contribution is -2.51. The highest BCUT2D eigenvalue weighted by Crippen LogP contribution is 2.23. The number of Topliss-reactive ketones (excluding diaryl/α,β-unsaturated/α-hetero) is 1. The molecule has 0 saturated carbocycles. The minimum atomic E-state index is -1.55. The molecule has 1 aromatic carbocycles.